The van der Waals surface area contributed by atoms with Gasteiger partial charge >= 0.3 is 0 Å². The minimum atomic E-state index is -0.172. The second-order valence-electron chi connectivity index (χ2n) is 4.57. The van der Waals surface area contributed by atoms with E-state index in [1.165, 1.54) is 0 Å². The fourth-order valence-corrected chi connectivity index (χ4v) is 1.50. The van der Waals surface area contributed by atoms with Gasteiger partial charge in [0.05, 0.1) is 0 Å². The van der Waals surface area contributed by atoms with Crippen LogP contribution in [0.15, 0.2) is 24.3 Å². The number of hydrogen-bond acceptors (Lipinski definition) is 2. The Hall–Kier alpha value is -1.31. The summed E-state index contributed by atoms with van der Waals surface area (Å²) in [6, 6.07) is 6.87. The molecule has 0 heterocycles. The summed E-state index contributed by atoms with van der Waals surface area (Å²) in [5.41, 5.74) is 0.753. The molecule has 76 valence electrons. The highest BCUT2D eigenvalue weighted by atomic mass is 16.3. The zero-order valence-electron chi connectivity index (χ0n) is 8.82. The van der Waals surface area contributed by atoms with E-state index >= 15 is 0 Å². The van der Waals surface area contributed by atoms with Gasteiger partial charge in [-0.1, -0.05) is 32.9 Å². The molecule has 0 aliphatic heterocycles. The van der Waals surface area contributed by atoms with Crippen molar-refractivity contribution in [2.75, 3.05) is 0 Å². The van der Waals surface area contributed by atoms with Gasteiger partial charge in [-0.15, -0.1) is 0 Å². The summed E-state index contributed by atoms with van der Waals surface area (Å²) >= 11 is 0. The molecule has 2 heteroatoms. The van der Waals surface area contributed by atoms with E-state index in [1.54, 1.807) is 18.2 Å². The topological polar surface area (TPSA) is 37.3 Å². The number of benzene rings is 1. The van der Waals surface area contributed by atoms with E-state index < -0.39 is 0 Å². The molecule has 0 aliphatic carbocycles. The second kappa shape index (κ2) is 3.82. The van der Waals surface area contributed by atoms with E-state index in [2.05, 4.69) is 0 Å². The van der Waals surface area contributed by atoms with Gasteiger partial charge < -0.3 is 9.90 Å². The van der Waals surface area contributed by atoms with Crippen LogP contribution in [-0.4, -0.2) is 11.4 Å². The fraction of sp³-hybridized carbons (Fsp3) is 0.417. The zero-order valence-corrected chi connectivity index (χ0v) is 8.82. The number of aromatic hydroxyl groups is 1. The number of phenols is 1. The van der Waals surface area contributed by atoms with Crippen LogP contribution in [0.5, 0.6) is 5.75 Å². The van der Waals surface area contributed by atoms with Gasteiger partial charge in [-0.25, -0.2) is 0 Å². The van der Waals surface area contributed by atoms with Crippen LogP contribution in [0.4, 0.5) is 0 Å². The largest absolute Gasteiger partial charge is 0.508 e. The van der Waals surface area contributed by atoms with E-state index in [-0.39, 0.29) is 17.1 Å². The Kier molecular flexibility index (Phi) is 2.94. The van der Waals surface area contributed by atoms with Crippen molar-refractivity contribution in [2.24, 2.45) is 5.41 Å². The third-order valence-corrected chi connectivity index (χ3v) is 2.30. The molecule has 0 aliphatic rings. The summed E-state index contributed by atoms with van der Waals surface area (Å²) in [5.74, 6) is 0.0354. The Bertz CT molecular complexity index is 323. The zero-order chi connectivity index (χ0) is 10.8. The van der Waals surface area contributed by atoms with Gasteiger partial charge in [-0.05, 0) is 23.1 Å². The molecule has 0 saturated carbocycles. The molecular formula is C12H16O2. The molecule has 1 rings (SSSR count). The number of phenolic OH excluding ortho intramolecular Hbond substituents is 1. The Balaban J connectivity index is 3.07. The van der Waals surface area contributed by atoms with Crippen molar-refractivity contribution in [3.63, 3.8) is 0 Å². The smallest absolute Gasteiger partial charge is 0.127 e. The molecule has 0 saturated heterocycles. The van der Waals surface area contributed by atoms with Crippen molar-refractivity contribution in [1.29, 1.82) is 0 Å². The van der Waals surface area contributed by atoms with Crippen LogP contribution < -0.4 is 0 Å². The van der Waals surface area contributed by atoms with Crippen molar-refractivity contribution in [1.82, 2.24) is 0 Å². The van der Waals surface area contributed by atoms with Crippen LogP contribution in [0.2, 0.25) is 0 Å². The molecular weight excluding hydrogens is 176 g/mol. The summed E-state index contributed by atoms with van der Waals surface area (Å²) in [7, 11) is 0. The maximum atomic E-state index is 11.0. The lowest BCUT2D eigenvalue weighted by Gasteiger charge is -2.26. The molecule has 0 radical (unpaired) electrons. The molecule has 1 unspecified atom stereocenters. The van der Waals surface area contributed by atoms with Gasteiger partial charge in [0.2, 0.25) is 0 Å². The average Bonchev–Trinajstić information content (AvgIpc) is 2.02. The van der Waals surface area contributed by atoms with Crippen LogP contribution in [0, 0.1) is 5.41 Å². The Morgan fingerprint density at radius 2 is 2.00 bits per heavy atom. The lowest BCUT2D eigenvalue weighted by Crippen LogP contribution is -2.19. The first-order valence-electron chi connectivity index (χ1n) is 4.69. The van der Waals surface area contributed by atoms with Gasteiger partial charge in [0, 0.05) is 5.92 Å². The number of hydrogen-bond donors (Lipinski definition) is 1. The minimum absolute atomic E-state index is 0.116. The van der Waals surface area contributed by atoms with Gasteiger partial charge in [-0.2, -0.15) is 0 Å². The quantitative estimate of drug-likeness (QED) is 0.731. The third-order valence-electron chi connectivity index (χ3n) is 2.30. The first-order chi connectivity index (χ1) is 6.45. The van der Waals surface area contributed by atoms with E-state index in [1.807, 2.05) is 26.8 Å². The van der Waals surface area contributed by atoms with Crippen molar-refractivity contribution < 1.29 is 9.90 Å². The molecule has 1 aromatic rings. The molecule has 2 nitrogen and oxygen atoms in total. The predicted octanol–water partition coefficient (Wildman–Crippen LogP) is 2.72. The maximum Gasteiger partial charge on any atom is 0.127 e. The Labute approximate surface area is 84.6 Å². The van der Waals surface area contributed by atoms with Crippen LogP contribution in [-0.2, 0) is 4.79 Å². The summed E-state index contributed by atoms with van der Waals surface area (Å²) in [5, 5.41) is 9.31. The average molecular weight is 192 g/mol. The normalized spacial score (nSPS) is 13.6. The summed E-state index contributed by atoms with van der Waals surface area (Å²) < 4.78 is 0. The highest BCUT2D eigenvalue weighted by Crippen LogP contribution is 2.34. The van der Waals surface area contributed by atoms with Crippen molar-refractivity contribution in [2.45, 2.75) is 26.7 Å². The van der Waals surface area contributed by atoms with Gasteiger partial charge in [0.25, 0.3) is 0 Å². The number of carbonyl (C=O) groups excluding carboxylic acids is 1. The molecule has 0 spiro atoms. The fourth-order valence-electron chi connectivity index (χ4n) is 1.50. The first kappa shape index (κ1) is 10.8. The van der Waals surface area contributed by atoms with E-state index in [9.17, 15) is 9.90 Å². The summed E-state index contributed by atoms with van der Waals surface area (Å²) in [4.78, 5) is 11.0. The molecule has 0 amide bonds. The number of carbonyl (C=O) groups is 1. The monoisotopic (exact) mass is 192 g/mol. The van der Waals surface area contributed by atoms with Crippen LogP contribution in [0.3, 0.4) is 0 Å². The Morgan fingerprint density at radius 3 is 2.43 bits per heavy atom. The molecule has 14 heavy (non-hydrogen) atoms. The minimum Gasteiger partial charge on any atom is -0.508 e. The third kappa shape index (κ3) is 2.34. The second-order valence-corrected chi connectivity index (χ2v) is 4.57. The maximum absolute atomic E-state index is 11.0. The molecule has 1 atom stereocenters. The van der Waals surface area contributed by atoms with Crippen molar-refractivity contribution >= 4 is 6.29 Å². The highest BCUT2D eigenvalue weighted by molar-refractivity contribution is 5.64. The first-order valence-corrected chi connectivity index (χ1v) is 4.69. The SMILES string of the molecule is CC(C)(C)C(C=O)c1cccc(O)c1. The molecule has 1 N–H and O–H groups in total. The summed E-state index contributed by atoms with van der Waals surface area (Å²) in [6.07, 6.45) is 0.939. The van der Waals surface area contributed by atoms with Crippen LogP contribution >= 0.6 is 0 Å². The van der Waals surface area contributed by atoms with Gasteiger partial charge in [0.15, 0.2) is 0 Å². The standard InChI is InChI=1S/C12H16O2/c1-12(2,3)11(8-13)9-5-4-6-10(14)7-9/h4-8,11,14H,1-3H3. The lowest BCUT2D eigenvalue weighted by atomic mass is 9.77. The van der Waals surface area contributed by atoms with E-state index in [4.69, 9.17) is 0 Å². The van der Waals surface area contributed by atoms with E-state index in [0.717, 1.165) is 11.8 Å². The molecule has 1 aromatic carbocycles. The molecule has 0 aromatic heterocycles. The highest BCUT2D eigenvalue weighted by Gasteiger charge is 2.25. The van der Waals surface area contributed by atoms with E-state index in [0.29, 0.717) is 0 Å². The van der Waals surface area contributed by atoms with Crippen molar-refractivity contribution in [3.8, 4) is 5.75 Å². The molecule has 0 fully saturated rings. The number of aldehydes is 1. The predicted molar refractivity (Wildman–Crippen MR) is 56.4 cm³/mol. The molecule has 0 bridgehead atoms. The summed E-state index contributed by atoms with van der Waals surface area (Å²) in [6.45, 7) is 6.03. The van der Waals surface area contributed by atoms with Crippen molar-refractivity contribution in [3.05, 3.63) is 29.8 Å². The lowest BCUT2D eigenvalue weighted by molar-refractivity contribution is -0.111. The van der Waals surface area contributed by atoms with Crippen LogP contribution in [0.1, 0.15) is 32.3 Å². The van der Waals surface area contributed by atoms with Gasteiger partial charge in [-0.3, -0.25) is 0 Å². The Morgan fingerprint density at radius 1 is 1.36 bits per heavy atom. The number of rotatable bonds is 2. The van der Waals surface area contributed by atoms with Crippen LogP contribution in [0.25, 0.3) is 0 Å². The van der Waals surface area contributed by atoms with Gasteiger partial charge in [0.1, 0.15) is 12.0 Å².